The Morgan fingerprint density at radius 1 is 0.921 bits per heavy atom. The van der Waals surface area contributed by atoms with Gasteiger partial charge in [0.2, 0.25) is 5.91 Å². The molecule has 0 radical (unpaired) electrons. The van der Waals surface area contributed by atoms with Crippen LogP contribution in [0.2, 0.25) is 0 Å². The molecule has 0 bridgehead atoms. The summed E-state index contributed by atoms with van der Waals surface area (Å²) in [5.74, 6) is -1.44. The van der Waals surface area contributed by atoms with Crippen LogP contribution in [0, 0.1) is 0 Å². The number of carbonyl (C=O) groups is 2. The fourth-order valence-electron chi connectivity index (χ4n) is 5.41. The van der Waals surface area contributed by atoms with Crippen molar-refractivity contribution in [3.63, 3.8) is 0 Å². The molecule has 1 aliphatic heterocycles. The van der Waals surface area contributed by atoms with Crippen molar-refractivity contribution in [1.82, 2.24) is 19.4 Å². The Morgan fingerprint density at radius 3 is 2.11 bits per heavy atom. The number of nitrogens with zero attached hydrogens (tertiary/aromatic N) is 4. The molecule has 4 aromatic rings. The highest BCUT2D eigenvalue weighted by Gasteiger charge is 2.38. The lowest BCUT2D eigenvalue weighted by Crippen LogP contribution is -2.46. The largest absolute Gasteiger partial charge is 0.481 e. The molecule has 5 rings (SSSR count). The summed E-state index contributed by atoms with van der Waals surface area (Å²) in [5, 5.41) is 9.81. The van der Waals surface area contributed by atoms with E-state index < -0.39 is 11.9 Å². The summed E-state index contributed by atoms with van der Waals surface area (Å²) in [7, 11) is 0. The van der Waals surface area contributed by atoms with E-state index in [-0.39, 0.29) is 24.3 Å². The number of pyridine rings is 1. The summed E-state index contributed by atoms with van der Waals surface area (Å²) < 4.78 is 1.67. The maximum atomic E-state index is 13.2. The van der Waals surface area contributed by atoms with Crippen molar-refractivity contribution < 1.29 is 14.7 Å². The molecule has 1 atom stereocenters. The quantitative estimate of drug-likeness (QED) is 0.373. The van der Waals surface area contributed by atoms with Crippen LogP contribution in [0.1, 0.15) is 41.1 Å². The highest BCUT2D eigenvalue weighted by molar-refractivity contribution is 5.77. The van der Waals surface area contributed by atoms with Gasteiger partial charge in [0.25, 0.3) is 0 Å². The number of nitrogen functional groups attached to an aromatic ring is 1. The smallest absolute Gasteiger partial charge is 0.312 e. The first-order chi connectivity index (χ1) is 18.4. The zero-order valence-corrected chi connectivity index (χ0v) is 21.1. The van der Waals surface area contributed by atoms with Gasteiger partial charge in [-0.2, -0.15) is 0 Å². The Balaban J connectivity index is 1.26. The van der Waals surface area contributed by atoms with Gasteiger partial charge in [0.15, 0.2) is 0 Å². The van der Waals surface area contributed by atoms with Crippen molar-refractivity contribution >= 4 is 17.7 Å². The number of rotatable bonds is 8. The minimum absolute atomic E-state index is 0.00159. The van der Waals surface area contributed by atoms with Crippen LogP contribution in [0.3, 0.4) is 0 Å². The first-order valence-corrected chi connectivity index (χ1v) is 12.8. The van der Waals surface area contributed by atoms with Crippen LogP contribution in [0.4, 0.5) is 5.82 Å². The van der Waals surface area contributed by atoms with Gasteiger partial charge in [0, 0.05) is 30.9 Å². The van der Waals surface area contributed by atoms with Crippen LogP contribution in [0.25, 0.3) is 0 Å². The van der Waals surface area contributed by atoms with Crippen molar-refractivity contribution in [1.29, 1.82) is 0 Å². The van der Waals surface area contributed by atoms with Crippen molar-refractivity contribution in [3.05, 3.63) is 114 Å². The first kappa shape index (κ1) is 25.2. The third kappa shape index (κ3) is 5.29. The molecule has 0 unspecified atom stereocenters. The molecule has 0 saturated carbocycles. The lowest BCUT2D eigenvalue weighted by atomic mass is 9.68. The maximum Gasteiger partial charge on any atom is 0.312 e. The van der Waals surface area contributed by atoms with Gasteiger partial charge in [0.1, 0.15) is 18.3 Å². The predicted molar refractivity (Wildman–Crippen MR) is 144 cm³/mol. The number of nitrogens with two attached hydrogens (primary N) is 1. The first-order valence-electron chi connectivity index (χ1n) is 12.8. The average molecular weight is 510 g/mol. The zero-order chi connectivity index (χ0) is 26.5. The molecule has 0 aliphatic carbocycles. The molecule has 0 spiro atoms. The Morgan fingerprint density at radius 2 is 1.55 bits per heavy atom. The van der Waals surface area contributed by atoms with Gasteiger partial charge < -0.3 is 20.3 Å². The number of carboxylic acids is 1. The van der Waals surface area contributed by atoms with Crippen molar-refractivity contribution in [2.45, 2.75) is 37.1 Å². The number of hydrogen-bond donors (Lipinski definition) is 2. The van der Waals surface area contributed by atoms with E-state index in [4.69, 9.17) is 5.73 Å². The van der Waals surface area contributed by atoms with Gasteiger partial charge in [-0.05, 0) is 42.0 Å². The van der Waals surface area contributed by atoms with Crippen LogP contribution in [-0.4, -0.2) is 49.5 Å². The molecule has 2 aromatic carbocycles. The standard InChI is InChI=1S/C30H31N5O3/c31-27-12-11-22(18-32-27)17-25(29(37)38)26-19-34(21-33-26)20-28(36)35-15-13-30(14-16-35,23-7-3-1-4-8-23)24-9-5-2-6-10-24/h1-12,18-19,21,25H,13-17,20H2,(H2,31,32)(H,37,38)/t25-/m1/s1. The summed E-state index contributed by atoms with van der Waals surface area (Å²) in [6.45, 7) is 1.41. The predicted octanol–water partition coefficient (Wildman–Crippen LogP) is 3.88. The topological polar surface area (TPSA) is 114 Å². The highest BCUT2D eigenvalue weighted by atomic mass is 16.4. The number of hydrogen-bond acceptors (Lipinski definition) is 5. The molecular formula is C30H31N5O3. The summed E-state index contributed by atoms with van der Waals surface area (Å²) in [5.41, 5.74) is 9.21. The van der Waals surface area contributed by atoms with Crippen LogP contribution < -0.4 is 5.73 Å². The lowest BCUT2D eigenvalue weighted by molar-refractivity contribution is -0.139. The number of aliphatic carboxylic acids is 1. The number of amides is 1. The number of likely N-dealkylation sites (tertiary alicyclic amines) is 1. The van der Waals surface area contributed by atoms with Gasteiger partial charge in [-0.1, -0.05) is 66.7 Å². The van der Waals surface area contributed by atoms with Gasteiger partial charge in [-0.15, -0.1) is 0 Å². The SMILES string of the molecule is Nc1ccc(C[C@@H](C(=O)O)c2cn(CC(=O)N3CCC(c4ccccc4)(c4ccccc4)CC3)cn2)cn1. The van der Waals surface area contributed by atoms with Crippen molar-refractivity contribution in [3.8, 4) is 0 Å². The van der Waals surface area contributed by atoms with Gasteiger partial charge >= 0.3 is 5.97 Å². The van der Waals surface area contributed by atoms with E-state index in [2.05, 4.69) is 58.5 Å². The molecule has 1 amide bonds. The molecule has 38 heavy (non-hydrogen) atoms. The normalized spacial score (nSPS) is 15.6. The van der Waals surface area contributed by atoms with Crippen LogP contribution >= 0.6 is 0 Å². The Hall–Kier alpha value is -4.46. The molecule has 194 valence electrons. The lowest BCUT2D eigenvalue weighted by Gasteiger charge is -2.43. The molecular weight excluding hydrogens is 478 g/mol. The van der Waals surface area contributed by atoms with Crippen LogP contribution in [0.5, 0.6) is 0 Å². The van der Waals surface area contributed by atoms with E-state index in [0.717, 1.165) is 18.4 Å². The second-order valence-electron chi connectivity index (χ2n) is 9.85. The van der Waals surface area contributed by atoms with E-state index >= 15 is 0 Å². The number of piperidine rings is 1. The number of imidazole rings is 1. The summed E-state index contributed by atoms with van der Waals surface area (Å²) in [6, 6.07) is 24.5. The Bertz CT molecular complexity index is 1340. The van der Waals surface area contributed by atoms with Gasteiger partial charge in [-0.3, -0.25) is 9.59 Å². The number of aromatic nitrogens is 3. The zero-order valence-electron chi connectivity index (χ0n) is 21.1. The van der Waals surface area contributed by atoms with E-state index in [1.807, 2.05) is 17.0 Å². The third-order valence-electron chi connectivity index (χ3n) is 7.54. The maximum absolute atomic E-state index is 13.2. The minimum Gasteiger partial charge on any atom is -0.481 e. The number of anilines is 1. The molecule has 3 N–H and O–H groups in total. The van der Waals surface area contributed by atoms with E-state index in [1.54, 1.807) is 29.1 Å². The average Bonchev–Trinajstić information content (AvgIpc) is 3.41. The van der Waals surface area contributed by atoms with Crippen molar-refractivity contribution in [2.75, 3.05) is 18.8 Å². The summed E-state index contributed by atoms with van der Waals surface area (Å²) >= 11 is 0. The number of benzene rings is 2. The Labute approximate surface area is 221 Å². The third-order valence-corrected chi connectivity index (χ3v) is 7.54. The molecule has 8 nitrogen and oxygen atoms in total. The fraction of sp³-hybridized carbons (Fsp3) is 0.267. The number of carbonyl (C=O) groups excluding carboxylic acids is 1. The van der Waals surface area contributed by atoms with Crippen LogP contribution in [-0.2, 0) is 28.0 Å². The second-order valence-corrected chi connectivity index (χ2v) is 9.85. The van der Waals surface area contributed by atoms with E-state index in [1.165, 1.54) is 17.5 Å². The molecule has 1 fully saturated rings. The molecule has 3 heterocycles. The number of carboxylic acid groups (broad SMARTS) is 1. The van der Waals surface area contributed by atoms with E-state index in [0.29, 0.717) is 24.6 Å². The Kier molecular flexibility index (Phi) is 7.22. The minimum atomic E-state index is -0.979. The van der Waals surface area contributed by atoms with Crippen LogP contribution in [0.15, 0.2) is 91.5 Å². The molecule has 2 aromatic heterocycles. The second kappa shape index (κ2) is 10.9. The molecule has 8 heteroatoms. The van der Waals surface area contributed by atoms with E-state index in [9.17, 15) is 14.7 Å². The summed E-state index contributed by atoms with van der Waals surface area (Å²) in [6.07, 6.45) is 6.67. The van der Waals surface area contributed by atoms with Gasteiger partial charge in [-0.25, -0.2) is 9.97 Å². The highest BCUT2D eigenvalue weighted by Crippen LogP contribution is 2.41. The van der Waals surface area contributed by atoms with Gasteiger partial charge in [0.05, 0.1) is 12.0 Å². The van der Waals surface area contributed by atoms with Crippen molar-refractivity contribution in [2.24, 2.45) is 0 Å². The molecule has 1 aliphatic rings. The summed E-state index contributed by atoms with van der Waals surface area (Å²) in [4.78, 5) is 35.5. The monoisotopic (exact) mass is 509 g/mol. The fourth-order valence-corrected chi connectivity index (χ4v) is 5.41. The molecule has 1 saturated heterocycles.